The number of anilines is 1. The average molecular weight is 270 g/mol. The molecule has 0 radical (unpaired) electrons. The van der Waals surface area contributed by atoms with Crippen molar-refractivity contribution in [3.05, 3.63) is 36.7 Å². The monoisotopic (exact) mass is 270 g/mol. The Labute approximate surface area is 117 Å². The lowest BCUT2D eigenvalue weighted by molar-refractivity contribution is 0.242. The number of aromatic nitrogens is 4. The molecule has 0 saturated carbocycles. The molecule has 2 fully saturated rings. The van der Waals surface area contributed by atoms with E-state index in [0.29, 0.717) is 0 Å². The summed E-state index contributed by atoms with van der Waals surface area (Å²) in [5, 5.41) is 0. The van der Waals surface area contributed by atoms with Crippen LogP contribution in [0.3, 0.4) is 0 Å². The fraction of sp³-hybridized carbons (Fsp3) is 0.500. The number of hydrogen-bond donors (Lipinski definition) is 1. The van der Waals surface area contributed by atoms with Gasteiger partial charge in [0.1, 0.15) is 0 Å². The maximum atomic E-state index is 4.40. The fourth-order valence-electron chi connectivity index (χ4n) is 3.39. The quantitative estimate of drug-likeness (QED) is 0.903. The van der Waals surface area contributed by atoms with Crippen LogP contribution in [0, 0.1) is 0 Å². The van der Waals surface area contributed by atoms with E-state index >= 15 is 0 Å². The minimum atomic E-state index is 0.251. The van der Waals surface area contributed by atoms with Crippen molar-refractivity contribution in [3.63, 3.8) is 0 Å². The van der Waals surface area contributed by atoms with Crippen LogP contribution in [0.1, 0.15) is 18.5 Å². The number of aromatic amines is 1. The third-order valence-electron chi connectivity index (χ3n) is 4.53. The minimum Gasteiger partial charge on any atom is -0.347 e. The second-order valence-electron chi connectivity index (χ2n) is 5.71. The molecule has 4 heterocycles. The van der Waals surface area contributed by atoms with Crippen molar-refractivity contribution in [1.82, 2.24) is 24.8 Å². The van der Waals surface area contributed by atoms with Gasteiger partial charge in [-0.2, -0.15) is 0 Å². The van der Waals surface area contributed by atoms with E-state index in [-0.39, 0.29) is 5.54 Å². The lowest BCUT2D eigenvalue weighted by Gasteiger charge is -2.50. The average Bonchev–Trinajstić information content (AvgIpc) is 3.10. The number of H-pyrrole nitrogens is 1. The molecule has 2 aliphatic rings. The van der Waals surface area contributed by atoms with Gasteiger partial charge in [-0.3, -0.25) is 4.90 Å². The first-order valence-corrected chi connectivity index (χ1v) is 7.10. The van der Waals surface area contributed by atoms with Gasteiger partial charge in [-0.25, -0.2) is 15.0 Å². The molecule has 6 nitrogen and oxygen atoms in total. The van der Waals surface area contributed by atoms with Crippen molar-refractivity contribution >= 4 is 5.95 Å². The maximum absolute atomic E-state index is 4.40. The van der Waals surface area contributed by atoms with Crippen molar-refractivity contribution in [1.29, 1.82) is 0 Å². The third-order valence-corrected chi connectivity index (χ3v) is 4.53. The summed E-state index contributed by atoms with van der Waals surface area (Å²) in [5.41, 5.74) is 1.44. The molecule has 2 aliphatic heterocycles. The molecule has 104 valence electrons. The Morgan fingerprint density at radius 1 is 1.20 bits per heavy atom. The van der Waals surface area contributed by atoms with E-state index < -0.39 is 0 Å². The van der Waals surface area contributed by atoms with E-state index in [2.05, 4.69) is 29.7 Å². The molecule has 2 aromatic heterocycles. The molecule has 6 heteroatoms. The Hall–Kier alpha value is -1.95. The Kier molecular flexibility index (Phi) is 2.70. The highest BCUT2D eigenvalue weighted by atomic mass is 15.4. The van der Waals surface area contributed by atoms with Crippen LogP contribution in [0.25, 0.3) is 0 Å². The number of nitrogens with one attached hydrogen (secondary N) is 1. The number of likely N-dealkylation sites (tertiary alicyclic amines) is 1. The summed E-state index contributed by atoms with van der Waals surface area (Å²) in [6.45, 7) is 4.24. The lowest BCUT2D eigenvalue weighted by atomic mass is 9.84. The van der Waals surface area contributed by atoms with Crippen LogP contribution >= 0.6 is 0 Å². The number of imidazole rings is 1. The predicted molar refractivity (Wildman–Crippen MR) is 75.2 cm³/mol. The molecule has 2 aromatic rings. The van der Waals surface area contributed by atoms with E-state index in [1.807, 2.05) is 24.7 Å². The van der Waals surface area contributed by atoms with Crippen molar-refractivity contribution in [2.24, 2.45) is 0 Å². The Morgan fingerprint density at radius 2 is 2.05 bits per heavy atom. The zero-order chi connectivity index (χ0) is 13.4. The van der Waals surface area contributed by atoms with Crippen molar-refractivity contribution in [2.75, 3.05) is 24.5 Å². The SMILES string of the molecule is c1cnc(N2CCC23CCN(Cc2cnc[nH]2)C3)nc1. The number of hydrogen-bond acceptors (Lipinski definition) is 5. The van der Waals surface area contributed by atoms with Crippen LogP contribution < -0.4 is 4.90 Å². The summed E-state index contributed by atoms with van der Waals surface area (Å²) >= 11 is 0. The van der Waals surface area contributed by atoms with Crippen LogP contribution in [-0.2, 0) is 6.54 Å². The Balaban J connectivity index is 1.47. The summed E-state index contributed by atoms with van der Waals surface area (Å²) < 4.78 is 0. The minimum absolute atomic E-state index is 0.251. The molecule has 1 atom stereocenters. The van der Waals surface area contributed by atoms with Gasteiger partial charge in [-0.05, 0) is 18.9 Å². The van der Waals surface area contributed by atoms with Gasteiger partial charge in [0.05, 0.1) is 11.9 Å². The molecule has 0 amide bonds. The molecular weight excluding hydrogens is 252 g/mol. The molecule has 0 aromatic carbocycles. The van der Waals surface area contributed by atoms with Gasteiger partial charge >= 0.3 is 0 Å². The maximum Gasteiger partial charge on any atom is 0.225 e. The van der Waals surface area contributed by atoms with Crippen LogP contribution in [0.15, 0.2) is 31.0 Å². The molecule has 0 bridgehead atoms. The van der Waals surface area contributed by atoms with E-state index in [0.717, 1.165) is 32.1 Å². The van der Waals surface area contributed by atoms with Crippen LogP contribution in [0.2, 0.25) is 0 Å². The first-order chi connectivity index (χ1) is 9.86. The van der Waals surface area contributed by atoms with E-state index in [1.54, 1.807) is 6.33 Å². The van der Waals surface area contributed by atoms with Crippen molar-refractivity contribution in [3.8, 4) is 0 Å². The summed E-state index contributed by atoms with van der Waals surface area (Å²) in [7, 11) is 0. The smallest absolute Gasteiger partial charge is 0.225 e. The zero-order valence-corrected chi connectivity index (χ0v) is 11.4. The van der Waals surface area contributed by atoms with Gasteiger partial charge in [0.2, 0.25) is 5.95 Å². The van der Waals surface area contributed by atoms with Gasteiger partial charge < -0.3 is 9.88 Å². The zero-order valence-electron chi connectivity index (χ0n) is 11.4. The molecular formula is C14H18N6. The summed E-state index contributed by atoms with van der Waals surface area (Å²) in [6.07, 6.45) is 9.74. The topological polar surface area (TPSA) is 60.9 Å². The molecule has 1 spiro atoms. The molecule has 1 N–H and O–H groups in total. The molecule has 4 rings (SSSR count). The Bertz CT molecular complexity index is 569. The first kappa shape index (κ1) is 11.8. The predicted octanol–water partition coefficient (Wildman–Crippen LogP) is 1.05. The summed E-state index contributed by atoms with van der Waals surface area (Å²) in [4.78, 5) is 20.9. The van der Waals surface area contributed by atoms with Gasteiger partial charge in [0.15, 0.2) is 0 Å². The van der Waals surface area contributed by atoms with Crippen molar-refractivity contribution < 1.29 is 0 Å². The van der Waals surface area contributed by atoms with Crippen LogP contribution in [0.5, 0.6) is 0 Å². The highest BCUT2D eigenvalue weighted by Gasteiger charge is 2.50. The molecule has 0 aliphatic carbocycles. The van der Waals surface area contributed by atoms with Gasteiger partial charge in [0, 0.05) is 50.5 Å². The van der Waals surface area contributed by atoms with Crippen LogP contribution in [-0.4, -0.2) is 50.0 Å². The molecule has 1 unspecified atom stereocenters. The molecule has 2 saturated heterocycles. The highest BCUT2D eigenvalue weighted by molar-refractivity contribution is 5.41. The number of rotatable bonds is 3. The highest BCUT2D eigenvalue weighted by Crippen LogP contribution is 2.41. The van der Waals surface area contributed by atoms with Crippen molar-refractivity contribution in [2.45, 2.75) is 24.9 Å². The number of nitrogens with zero attached hydrogens (tertiary/aromatic N) is 5. The second kappa shape index (κ2) is 4.56. The summed E-state index contributed by atoms with van der Waals surface area (Å²) in [5.74, 6) is 0.877. The first-order valence-electron chi connectivity index (χ1n) is 7.10. The molecule has 20 heavy (non-hydrogen) atoms. The second-order valence-corrected chi connectivity index (χ2v) is 5.71. The van der Waals surface area contributed by atoms with E-state index in [1.165, 1.54) is 18.5 Å². The summed E-state index contributed by atoms with van der Waals surface area (Å²) in [6, 6.07) is 1.87. The lowest BCUT2D eigenvalue weighted by Crippen LogP contribution is -2.62. The largest absolute Gasteiger partial charge is 0.347 e. The van der Waals surface area contributed by atoms with Crippen LogP contribution in [0.4, 0.5) is 5.95 Å². The Morgan fingerprint density at radius 3 is 2.75 bits per heavy atom. The van der Waals surface area contributed by atoms with Gasteiger partial charge in [-0.1, -0.05) is 0 Å². The normalized spacial score (nSPS) is 26.1. The standard InChI is InChI=1S/C14H18N6/c1-4-16-13(17-5-1)20-7-3-14(20)2-6-19(10-14)9-12-8-15-11-18-12/h1,4-5,8,11H,2-3,6-7,9-10H2,(H,15,18). The van der Waals surface area contributed by atoms with E-state index in [4.69, 9.17) is 0 Å². The van der Waals surface area contributed by atoms with Gasteiger partial charge in [0.25, 0.3) is 0 Å². The van der Waals surface area contributed by atoms with Gasteiger partial charge in [-0.15, -0.1) is 0 Å². The fourth-order valence-corrected chi connectivity index (χ4v) is 3.39. The third kappa shape index (κ3) is 1.87. The van der Waals surface area contributed by atoms with E-state index in [9.17, 15) is 0 Å².